The molecular weight excluding hydrogens is 1020 g/mol. The summed E-state index contributed by atoms with van der Waals surface area (Å²) in [7, 11) is -7.74. The van der Waals surface area contributed by atoms with Crippen LogP contribution in [0.1, 0.15) is 66.1 Å². The zero-order valence-corrected chi connectivity index (χ0v) is 38.9. The lowest BCUT2D eigenvalue weighted by Crippen LogP contribution is -2.38. The molecule has 1 unspecified atom stereocenters. The third-order valence-corrected chi connectivity index (χ3v) is 14.5. The molecule has 0 saturated heterocycles. The smallest absolute Gasteiger partial charge is 0.353 e. The second-order valence-electron chi connectivity index (χ2n) is 17.0. The van der Waals surface area contributed by atoms with E-state index in [-0.39, 0.29) is 46.6 Å². The van der Waals surface area contributed by atoms with Crippen LogP contribution in [0.2, 0.25) is 5.02 Å². The predicted molar refractivity (Wildman–Crippen MR) is 232 cm³/mol. The largest absolute Gasteiger partial charge is 0.435 e. The van der Waals surface area contributed by atoms with Crippen molar-refractivity contribution in [2.75, 3.05) is 30.2 Å². The van der Waals surface area contributed by atoms with Crippen LogP contribution in [0.15, 0.2) is 42.5 Å². The van der Waals surface area contributed by atoms with Crippen LogP contribution >= 0.6 is 11.6 Å². The number of aromatic nitrogens is 5. The summed E-state index contributed by atoms with van der Waals surface area (Å²) >= 11 is 6.59. The van der Waals surface area contributed by atoms with Crippen molar-refractivity contribution in [1.82, 2.24) is 35.2 Å². The molecule has 0 bridgehead atoms. The molecule has 2 aliphatic rings. The highest BCUT2D eigenvalue weighted by molar-refractivity contribution is 7.92. The number of carbonyl (C=O) groups is 2. The number of hydrogen-bond donors (Lipinski definition) is 4. The lowest BCUT2D eigenvalue weighted by molar-refractivity contribution is -0.143. The molecule has 0 radical (unpaired) electrons. The van der Waals surface area contributed by atoms with Gasteiger partial charge in [0.05, 0.1) is 27.7 Å². The van der Waals surface area contributed by atoms with Gasteiger partial charge in [0, 0.05) is 48.0 Å². The molecule has 2 aromatic carbocycles. The Kier molecular flexibility index (Phi) is 13.8. The Balaban J connectivity index is 1.47. The van der Waals surface area contributed by atoms with E-state index < -0.39 is 156 Å². The number of halogens is 11. The Bertz CT molecular complexity index is 3170. The molecule has 0 spiro atoms. The number of sulfone groups is 1. The molecule has 5 aromatic rings. The average Bonchev–Trinajstić information content (AvgIpc) is 3.74. The molecule has 376 valence electrons. The Morgan fingerprint density at radius 1 is 1.00 bits per heavy atom. The summed E-state index contributed by atoms with van der Waals surface area (Å²) in [5.74, 6) is -6.69. The van der Waals surface area contributed by atoms with Gasteiger partial charge in [0.2, 0.25) is 22.7 Å². The lowest BCUT2D eigenvalue weighted by Gasteiger charge is -2.23. The van der Waals surface area contributed by atoms with Crippen LogP contribution in [-0.2, 0) is 61.9 Å². The van der Waals surface area contributed by atoms with Crippen molar-refractivity contribution >= 4 is 60.9 Å². The van der Waals surface area contributed by atoms with E-state index in [1.165, 1.54) is 26.0 Å². The number of thiol groups is 1. The maximum atomic E-state index is 15.6. The molecule has 3 aromatic heterocycles. The molecule has 15 nitrogen and oxygen atoms in total. The summed E-state index contributed by atoms with van der Waals surface area (Å²) < 4.78 is 196. The van der Waals surface area contributed by atoms with E-state index in [0.29, 0.717) is 15.1 Å². The topological polar surface area (TPSA) is 204 Å². The molecule has 2 amide bonds. The van der Waals surface area contributed by atoms with Gasteiger partial charge in [-0.25, -0.2) is 34.9 Å². The summed E-state index contributed by atoms with van der Waals surface area (Å²) in [6, 6.07) is 4.94. The van der Waals surface area contributed by atoms with Gasteiger partial charge in [0.25, 0.3) is 5.92 Å². The standard InChI is InChI=1S/C42H38ClF10N9O6S2/c1-39(2,70(3,67)68)9-8-23-4-5-24(25-6-7-28(43)33-35(25)61(19-40(46,47)48)59-38(33)62(69(65)66)18-30(63)55-11-10-54)34(56-23)29(14-20-12-21(44)15-22(45)13-20)57-31(64)17-60-37-32(36(58-60)42(51,52)53)26-16-27(26)41(37,49)50/h4-7,12-13,15,26-27,29,69H,10-11,14,16-19,54H2,1-3H3,(H,55,63)(H,57,64)/t26-,27+,29?/m0/s1. The monoisotopic (exact) mass is 1050 g/mol. The van der Waals surface area contributed by atoms with Gasteiger partial charge < -0.3 is 16.4 Å². The third-order valence-electron chi connectivity index (χ3n) is 11.5. The van der Waals surface area contributed by atoms with Gasteiger partial charge in [0.1, 0.15) is 47.4 Å². The number of pyridine rings is 1. The van der Waals surface area contributed by atoms with Crippen LogP contribution in [0.4, 0.5) is 49.7 Å². The first-order valence-electron chi connectivity index (χ1n) is 20.6. The Morgan fingerprint density at radius 3 is 2.26 bits per heavy atom. The molecular formula is C42H38ClF10N9O6S2. The van der Waals surface area contributed by atoms with Crippen molar-refractivity contribution in [3.63, 3.8) is 0 Å². The summed E-state index contributed by atoms with van der Waals surface area (Å²) in [6.45, 7) is -1.93. The van der Waals surface area contributed by atoms with Crippen molar-refractivity contribution in [2.24, 2.45) is 11.7 Å². The molecule has 28 heteroatoms. The normalized spacial score (nSPS) is 16.9. The van der Waals surface area contributed by atoms with Crippen LogP contribution in [0.25, 0.3) is 22.0 Å². The Morgan fingerprint density at radius 2 is 1.66 bits per heavy atom. The zero-order valence-electron chi connectivity index (χ0n) is 36.4. The van der Waals surface area contributed by atoms with Crippen LogP contribution in [0.3, 0.4) is 0 Å². The summed E-state index contributed by atoms with van der Waals surface area (Å²) in [6.07, 6.45) is -10.4. The van der Waals surface area contributed by atoms with Gasteiger partial charge >= 0.3 is 12.4 Å². The van der Waals surface area contributed by atoms with Crippen molar-refractivity contribution < 1.29 is 70.3 Å². The number of fused-ring (bicyclic) bond motifs is 4. The molecule has 4 N–H and O–H groups in total. The Labute approximate surface area is 397 Å². The van der Waals surface area contributed by atoms with Gasteiger partial charge in [-0.1, -0.05) is 23.6 Å². The highest BCUT2D eigenvalue weighted by atomic mass is 35.5. The maximum Gasteiger partial charge on any atom is 0.435 e. The number of nitrogens with one attached hydrogen (secondary N) is 2. The van der Waals surface area contributed by atoms with E-state index >= 15 is 8.78 Å². The van der Waals surface area contributed by atoms with E-state index in [4.69, 9.17) is 17.3 Å². The number of hydrogen-bond acceptors (Lipinski definition) is 10. The number of nitrogens with two attached hydrogens (primary N) is 1. The second kappa shape index (κ2) is 18.6. The minimum absolute atomic E-state index is 0.0691. The van der Waals surface area contributed by atoms with Crippen molar-refractivity contribution in [3.8, 4) is 23.0 Å². The molecule has 70 heavy (non-hydrogen) atoms. The summed E-state index contributed by atoms with van der Waals surface area (Å²) in [5, 5.41) is 11.2. The van der Waals surface area contributed by atoms with E-state index in [1.807, 2.05) is 0 Å². The van der Waals surface area contributed by atoms with Crippen LogP contribution in [0, 0.1) is 29.4 Å². The van der Waals surface area contributed by atoms with Gasteiger partial charge in [-0.15, -0.1) is 0 Å². The van der Waals surface area contributed by atoms with E-state index in [9.17, 15) is 61.5 Å². The fourth-order valence-electron chi connectivity index (χ4n) is 8.05. The average molecular weight is 1050 g/mol. The van der Waals surface area contributed by atoms with Gasteiger partial charge in [-0.3, -0.25) is 19.0 Å². The summed E-state index contributed by atoms with van der Waals surface area (Å²) in [5.41, 5.74) is -0.210. The first kappa shape index (κ1) is 51.9. The van der Waals surface area contributed by atoms with Gasteiger partial charge in [-0.05, 0) is 74.4 Å². The SMILES string of the molecule is CC(C)(C#Cc1ccc(-c2ccc(Cl)c3c(N(CC(=O)NCCN)[SH](=O)=O)nn(CC(F)(F)F)c23)c(C(Cc2cc(F)cc(F)c2)NC(=O)Cn2nc(C(F)(F)F)c3c2C(F)(F)[C@@H]2C[C@H]32)n1)S(C)(=O)=O. The quantitative estimate of drug-likeness (QED) is 0.0573. The van der Waals surface area contributed by atoms with Gasteiger partial charge in [0.15, 0.2) is 21.3 Å². The van der Waals surface area contributed by atoms with Gasteiger partial charge in [-0.2, -0.15) is 45.3 Å². The molecule has 3 atom stereocenters. The predicted octanol–water partition coefficient (Wildman–Crippen LogP) is 5.70. The van der Waals surface area contributed by atoms with Crippen LogP contribution < -0.4 is 20.7 Å². The number of rotatable bonds is 15. The minimum atomic E-state index is -5.21. The molecule has 0 aliphatic heterocycles. The van der Waals surface area contributed by atoms with Crippen molar-refractivity contribution in [2.45, 2.75) is 74.8 Å². The molecule has 3 heterocycles. The van der Waals surface area contributed by atoms with Crippen LogP contribution in [-0.4, -0.2) is 90.0 Å². The van der Waals surface area contributed by atoms with E-state index in [0.717, 1.165) is 30.5 Å². The van der Waals surface area contributed by atoms with E-state index in [1.54, 1.807) is 0 Å². The fourth-order valence-corrected chi connectivity index (χ4v) is 9.06. The molecule has 1 fully saturated rings. The first-order valence-corrected chi connectivity index (χ1v) is 24.0. The highest BCUT2D eigenvalue weighted by Crippen LogP contribution is 2.68. The maximum absolute atomic E-state index is 15.6. The number of anilines is 1. The number of nitrogens with zero attached hydrogens (tertiary/aromatic N) is 6. The molecule has 1 saturated carbocycles. The summed E-state index contributed by atoms with van der Waals surface area (Å²) in [4.78, 5) is 31.4. The molecule has 7 rings (SSSR count). The molecule has 2 aliphatic carbocycles. The first-order chi connectivity index (χ1) is 32.4. The highest BCUT2D eigenvalue weighted by Gasteiger charge is 2.68. The minimum Gasteiger partial charge on any atom is -0.353 e. The van der Waals surface area contributed by atoms with E-state index in [2.05, 4.69) is 37.7 Å². The number of benzene rings is 2. The van der Waals surface area contributed by atoms with Crippen molar-refractivity contribution in [1.29, 1.82) is 0 Å². The second-order valence-corrected chi connectivity index (χ2v) is 20.9. The third kappa shape index (κ3) is 10.5. The van der Waals surface area contributed by atoms with Crippen molar-refractivity contribution in [3.05, 3.63) is 93.0 Å². The van der Waals surface area contributed by atoms with Crippen LogP contribution in [0.5, 0.6) is 0 Å². The lowest BCUT2D eigenvalue weighted by atomic mass is 9.93. The fraction of sp³-hybridized carbons (Fsp3) is 0.405. The number of alkyl halides is 8. The Hall–Kier alpha value is -5.98. The number of amides is 2. The zero-order chi connectivity index (χ0) is 51.6. The number of carbonyl (C=O) groups excluding carboxylic acids is 2.